The quantitative estimate of drug-likeness (QED) is 0.882. The van der Waals surface area contributed by atoms with Crippen molar-refractivity contribution in [3.8, 4) is 6.07 Å². The molecule has 0 aliphatic heterocycles. The molecule has 0 saturated carbocycles. The highest BCUT2D eigenvalue weighted by atomic mass is 16.1. The molecule has 0 heterocycles. The normalized spacial score (nSPS) is 9.90. The van der Waals surface area contributed by atoms with Gasteiger partial charge in [0.25, 0.3) is 5.91 Å². The first-order valence-corrected chi connectivity index (χ1v) is 6.79. The molecule has 0 bridgehead atoms. The number of amides is 1. The Balaban J connectivity index is 2.02. The van der Waals surface area contributed by atoms with Crippen molar-refractivity contribution in [1.29, 1.82) is 5.26 Å². The first-order valence-electron chi connectivity index (χ1n) is 6.79. The Labute approximate surface area is 124 Å². The minimum absolute atomic E-state index is 0.151. The van der Waals surface area contributed by atoms with Crippen LogP contribution in [0.25, 0.3) is 0 Å². The van der Waals surface area contributed by atoms with Gasteiger partial charge in [-0.15, -0.1) is 0 Å². The van der Waals surface area contributed by atoms with Gasteiger partial charge in [0.15, 0.2) is 0 Å². The SMILES string of the molecule is N#CCc1ccc(NC(=O)c2ccc(CCN)cc2)cc1. The third kappa shape index (κ3) is 4.16. The van der Waals surface area contributed by atoms with E-state index >= 15 is 0 Å². The fourth-order valence-corrected chi connectivity index (χ4v) is 1.99. The van der Waals surface area contributed by atoms with E-state index in [1.807, 2.05) is 24.3 Å². The molecule has 21 heavy (non-hydrogen) atoms. The third-order valence-corrected chi connectivity index (χ3v) is 3.14. The lowest BCUT2D eigenvalue weighted by Gasteiger charge is -2.06. The monoisotopic (exact) mass is 279 g/mol. The fourth-order valence-electron chi connectivity index (χ4n) is 1.99. The molecule has 2 aromatic carbocycles. The van der Waals surface area contributed by atoms with Crippen molar-refractivity contribution in [2.75, 3.05) is 11.9 Å². The molecule has 0 fully saturated rings. The first kappa shape index (κ1) is 14.8. The Bertz CT molecular complexity index is 639. The Hall–Kier alpha value is -2.64. The van der Waals surface area contributed by atoms with Crippen LogP contribution in [0.4, 0.5) is 5.69 Å². The van der Waals surface area contributed by atoms with E-state index < -0.39 is 0 Å². The zero-order chi connectivity index (χ0) is 15.1. The van der Waals surface area contributed by atoms with Crippen molar-refractivity contribution in [3.05, 3.63) is 65.2 Å². The van der Waals surface area contributed by atoms with Gasteiger partial charge in [-0.05, 0) is 48.4 Å². The largest absolute Gasteiger partial charge is 0.330 e. The van der Waals surface area contributed by atoms with Gasteiger partial charge in [0.1, 0.15) is 0 Å². The zero-order valence-corrected chi connectivity index (χ0v) is 11.7. The standard InChI is InChI=1S/C17H17N3O/c18-11-9-13-1-5-15(6-2-13)17(21)20-16-7-3-14(4-8-16)10-12-19/h1-8H,9-11,18H2,(H,20,21). The molecule has 1 amide bonds. The molecule has 2 rings (SSSR count). The lowest BCUT2D eigenvalue weighted by atomic mass is 10.1. The summed E-state index contributed by atoms with van der Waals surface area (Å²) in [5.74, 6) is -0.151. The maximum Gasteiger partial charge on any atom is 0.255 e. The van der Waals surface area contributed by atoms with E-state index in [0.717, 1.165) is 17.5 Å². The second-order valence-corrected chi connectivity index (χ2v) is 4.72. The van der Waals surface area contributed by atoms with E-state index in [1.54, 1.807) is 24.3 Å². The van der Waals surface area contributed by atoms with Crippen LogP contribution in [0.2, 0.25) is 0 Å². The maximum absolute atomic E-state index is 12.1. The zero-order valence-electron chi connectivity index (χ0n) is 11.7. The van der Waals surface area contributed by atoms with Gasteiger partial charge in [-0.25, -0.2) is 0 Å². The molecule has 2 aromatic rings. The van der Waals surface area contributed by atoms with Gasteiger partial charge in [-0.2, -0.15) is 5.26 Å². The molecule has 0 unspecified atom stereocenters. The Kier molecular flexibility index (Phi) is 5.08. The third-order valence-electron chi connectivity index (χ3n) is 3.14. The number of hydrogen-bond acceptors (Lipinski definition) is 3. The highest BCUT2D eigenvalue weighted by molar-refractivity contribution is 6.04. The number of anilines is 1. The Morgan fingerprint density at radius 2 is 1.67 bits per heavy atom. The topological polar surface area (TPSA) is 78.9 Å². The highest BCUT2D eigenvalue weighted by Crippen LogP contribution is 2.12. The van der Waals surface area contributed by atoms with Crippen LogP contribution >= 0.6 is 0 Å². The number of nitrogens with two attached hydrogens (primary N) is 1. The smallest absolute Gasteiger partial charge is 0.255 e. The summed E-state index contributed by atoms with van der Waals surface area (Å²) in [5, 5.41) is 11.4. The lowest BCUT2D eigenvalue weighted by molar-refractivity contribution is 0.102. The predicted octanol–water partition coefficient (Wildman–Crippen LogP) is 2.51. The van der Waals surface area contributed by atoms with E-state index in [4.69, 9.17) is 11.0 Å². The molecule has 4 nitrogen and oxygen atoms in total. The van der Waals surface area contributed by atoms with Gasteiger partial charge in [0.05, 0.1) is 12.5 Å². The van der Waals surface area contributed by atoms with Crippen LogP contribution in [-0.4, -0.2) is 12.5 Å². The molecule has 0 radical (unpaired) electrons. The number of carbonyl (C=O) groups excluding carboxylic acids is 1. The van der Waals surface area contributed by atoms with E-state index in [0.29, 0.717) is 24.2 Å². The highest BCUT2D eigenvalue weighted by Gasteiger charge is 2.06. The number of hydrogen-bond donors (Lipinski definition) is 2. The summed E-state index contributed by atoms with van der Waals surface area (Å²) in [6, 6.07) is 16.8. The van der Waals surface area contributed by atoms with Gasteiger partial charge in [-0.1, -0.05) is 24.3 Å². The number of nitriles is 1. The molecular weight excluding hydrogens is 262 g/mol. The molecule has 0 saturated heterocycles. The molecule has 3 N–H and O–H groups in total. The van der Waals surface area contributed by atoms with E-state index in [-0.39, 0.29) is 5.91 Å². The molecule has 0 aliphatic carbocycles. The van der Waals surface area contributed by atoms with Crippen LogP contribution in [-0.2, 0) is 12.8 Å². The van der Waals surface area contributed by atoms with Crippen molar-refractivity contribution < 1.29 is 4.79 Å². The van der Waals surface area contributed by atoms with Crippen LogP contribution in [0.15, 0.2) is 48.5 Å². The number of nitrogens with zero attached hydrogens (tertiary/aromatic N) is 1. The first-order chi connectivity index (χ1) is 10.2. The predicted molar refractivity (Wildman–Crippen MR) is 82.9 cm³/mol. The second-order valence-electron chi connectivity index (χ2n) is 4.72. The van der Waals surface area contributed by atoms with Crippen molar-refractivity contribution in [2.24, 2.45) is 5.73 Å². The fraction of sp³-hybridized carbons (Fsp3) is 0.176. The summed E-state index contributed by atoms with van der Waals surface area (Å²) in [5.41, 5.74) is 8.87. The summed E-state index contributed by atoms with van der Waals surface area (Å²) < 4.78 is 0. The number of rotatable bonds is 5. The van der Waals surface area contributed by atoms with E-state index in [9.17, 15) is 4.79 Å². The minimum atomic E-state index is -0.151. The Morgan fingerprint density at radius 1 is 1.05 bits per heavy atom. The van der Waals surface area contributed by atoms with Crippen molar-refractivity contribution in [3.63, 3.8) is 0 Å². The summed E-state index contributed by atoms with van der Waals surface area (Å²) in [6.07, 6.45) is 1.18. The van der Waals surface area contributed by atoms with Crippen LogP contribution in [0.3, 0.4) is 0 Å². The minimum Gasteiger partial charge on any atom is -0.330 e. The second kappa shape index (κ2) is 7.22. The van der Waals surface area contributed by atoms with Gasteiger partial charge in [0.2, 0.25) is 0 Å². The lowest BCUT2D eigenvalue weighted by Crippen LogP contribution is -2.12. The number of nitrogens with one attached hydrogen (secondary N) is 1. The number of benzene rings is 2. The summed E-state index contributed by atoms with van der Waals surface area (Å²) >= 11 is 0. The van der Waals surface area contributed by atoms with Crippen molar-refractivity contribution >= 4 is 11.6 Å². The molecule has 0 aliphatic rings. The van der Waals surface area contributed by atoms with Gasteiger partial charge < -0.3 is 11.1 Å². The average molecular weight is 279 g/mol. The molecule has 4 heteroatoms. The van der Waals surface area contributed by atoms with E-state index in [2.05, 4.69) is 11.4 Å². The maximum atomic E-state index is 12.1. The van der Waals surface area contributed by atoms with Crippen molar-refractivity contribution in [1.82, 2.24) is 0 Å². The van der Waals surface area contributed by atoms with Crippen LogP contribution in [0, 0.1) is 11.3 Å². The van der Waals surface area contributed by atoms with Crippen LogP contribution < -0.4 is 11.1 Å². The summed E-state index contributed by atoms with van der Waals surface area (Å²) in [7, 11) is 0. The molecule has 0 atom stereocenters. The molecule has 0 spiro atoms. The molecule has 0 aromatic heterocycles. The van der Waals surface area contributed by atoms with Gasteiger partial charge >= 0.3 is 0 Å². The van der Waals surface area contributed by atoms with Crippen LogP contribution in [0.5, 0.6) is 0 Å². The molecule has 106 valence electrons. The molecular formula is C17H17N3O. The summed E-state index contributed by atoms with van der Waals surface area (Å²) in [4.78, 5) is 12.1. The average Bonchev–Trinajstić information content (AvgIpc) is 2.50. The van der Waals surface area contributed by atoms with Gasteiger partial charge in [-0.3, -0.25) is 4.79 Å². The van der Waals surface area contributed by atoms with E-state index in [1.165, 1.54) is 0 Å². The van der Waals surface area contributed by atoms with Gasteiger partial charge in [0, 0.05) is 11.3 Å². The number of carbonyl (C=O) groups is 1. The Morgan fingerprint density at radius 3 is 2.24 bits per heavy atom. The summed E-state index contributed by atoms with van der Waals surface area (Å²) in [6.45, 7) is 0.598. The van der Waals surface area contributed by atoms with Crippen LogP contribution in [0.1, 0.15) is 21.5 Å². The van der Waals surface area contributed by atoms with Crippen molar-refractivity contribution in [2.45, 2.75) is 12.8 Å².